The lowest BCUT2D eigenvalue weighted by molar-refractivity contribution is 0.0948. The highest BCUT2D eigenvalue weighted by molar-refractivity contribution is 5.96. The number of hydrogen-bond donors (Lipinski definition) is 2. The first kappa shape index (κ1) is 16.7. The summed E-state index contributed by atoms with van der Waals surface area (Å²) in [5.41, 5.74) is 0.243. The maximum Gasteiger partial charge on any atom is 0.255 e. The predicted octanol–water partition coefficient (Wildman–Crippen LogP) is 1.99. The number of ether oxygens (including phenoxy) is 1. The van der Waals surface area contributed by atoms with E-state index in [-0.39, 0.29) is 23.9 Å². The van der Waals surface area contributed by atoms with Gasteiger partial charge in [0.25, 0.3) is 5.91 Å². The Balaban J connectivity index is 0.00000200. The molecule has 0 aromatic heterocycles. The van der Waals surface area contributed by atoms with Crippen molar-refractivity contribution in [3.63, 3.8) is 0 Å². The van der Waals surface area contributed by atoms with Crippen molar-refractivity contribution >= 4 is 18.3 Å². The Bertz CT molecular complexity index is 451. The van der Waals surface area contributed by atoms with Crippen molar-refractivity contribution in [1.29, 1.82) is 0 Å². The Morgan fingerprint density at radius 3 is 3.00 bits per heavy atom. The van der Waals surface area contributed by atoms with E-state index in [1.165, 1.54) is 25.3 Å². The van der Waals surface area contributed by atoms with Crippen molar-refractivity contribution in [2.75, 3.05) is 26.7 Å². The van der Waals surface area contributed by atoms with E-state index < -0.39 is 5.82 Å². The van der Waals surface area contributed by atoms with Gasteiger partial charge in [0, 0.05) is 6.54 Å². The number of carbonyl (C=O) groups is 1. The summed E-state index contributed by atoms with van der Waals surface area (Å²) in [7, 11) is 1.47. The lowest BCUT2D eigenvalue weighted by atomic mass is 10.1. The molecule has 1 aliphatic rings. The average molecular weight is 303 g/mol. The van der Waals surface area contributed by atoms with E-state index in [0.29, 0.717) is 18.2 Å². The fourth-order valence-corrected chi connectivity index (χ4v) is 2.30. The minimum Gasteiger partial charge on any atom is -0.496 e. The van der Waals surface area contributed by atoms with Crippen LogP contribution < -0.4 is 15.4 Å². The standard InChI is InChI=1S/C14H19FN2O2.ClH/c1-19-13-3-2-11(15)8-12(13)14(18)17-7-5-10-4-6-16-9-10;/h2-3,8,10,16H,4-7,9H2,1H3,(H,17,18);1H. The zero-order chi connectivity index (χ0) is 13.7. The summed E-state index contributed by atoms with van der Waals surface area (Å²) in [6.07, 6.45) is 2.09. The molecule has 0 spiro atoms. The predicted molar refractivity (Wildman–Crippen MR) is 78.1 cm³/mol. The number of hydrogen-bond acceptors (Lipinski definition) is 3. The number of halogens is 2. The number of amides is 1. The Morgan fingerprint density at radius 2 is 2.35 bits per heavy atom. The number of nitrogens with one attached hydrogen (secondary N) is 2. The molecule has 0 aliphatic carbocycles. The molecule has 112 valence electrons. The van der Waals surface area contributed by atoms with Gasteiger partial charge in [-0.15, -0.1) is 12.4 Å². The van der Waals surface area contributed by atoms with Crippen LogP contribution in [0.25, 0.3) is 0 Å². The fraction of sp³-hybridized carbons (Fsp3) is 0.500. The summed E-state index contributed by atoms with van der Waals surface area (Å²) in [5.74, 6) is 0.282. The van der Waals surface area contributed by atoms with Crippen LogP contribution in [-0.4, -0.2) is 32.7 Å². The Morgan fingerprint density at radius 1 is 1.55 bits per heavy atom. The third-order valence-corrected chi connectivity index (χ3v) is 3.41. The second-order valence-corrected chi connectivity index (χ2v) is 4.75. The van der Waals surface area contributed by atoms with Crippen LogP contribution in [0.5, 0.6) is 5.75 Å². The highest BCUT2D eigenvalue weighted by Gasteiger charge is 2.16. The van der Waals surface area contributed by atoms with Crippen LogP contribution in [0.1, 0.15) is 23.2 Å². The maximum atomic E-state index is 13.2. The summed E-state index contributed by atoms with van der Waals surface area (Å²) in [4.78, 5) is 12.0. The first-order valence-electron chi connectivity index (χ1n) is 6.53. The van der Waals surface area contributed by atoms with E-state index in [0.717, 1.165) is 25.9 Å². The fourth-order valence-electron chi connectivity index (χ4n) is 2.30. The van der Waals surface area contributed by atoms with Gasteiger partial charge in [-0.05, 0) is 50.0 Å². The van der Waals surface area contributed by atoms with Gasteiger partial charge in [-0.2, -0.15) is 0 Å². The summed E-state index contributed by atoms with van der Waals surface area (Å²) >= 11 is 0. The molecule has 2 N–H and O–H groups in total. The smallest absolute Gasteiger partial charge is 0.255 e. The van der Waals surface area contributed by atoms with E-state index in [1.54, 1.807) is 0 Å². The van der Waals surface area contributed by atoms with Crippen LogP contribution in [0.4, 0.5) is 4.39 Å². The van der Waals surface area contributed by atoms with Crippen molar-refractivity contribution in [1.82, 2.24) is 10.6 Å². The SMILES string of the molecule is COc1ccc(F)cc1C(=O)NCCC1CCNC1.Cl. The Hall–Kier alpha value is -1.33. The van der Waals surface area contributed by atoms with Crippen LogP contribution in [-0.2, 0) is 0 Å². The largest absolute Gasteiger partial charge is 0.496 e. The quantitative estimate of drug-likeness (QED) is 0.874. The topological polar surface area (TPSA) is 50.4 Å². The average Bonchev–Trinajstić information content (AvgIpc) is 2.91. The molecule has 1 amide bonds. The molecule has 0 bridgehead atoms. The molecule has 1 atom stereocenters. The molecule has 1 fully saturated rings. The van der Waals surface area contributed by atoms with Gasteiger partial charge in [-0.3, -0.25) is 4.79 Å². The van der Waals surface area contributed by atoms with Gasteiger partial charge in [0.2, 0.25) is 0 Å². The second-order valence-electron chi connectivity index (χ2n) is 4.75. The lowest BCUT2D eigenvalue weighted by Crippen LogP contribution is -2.27. The van der Waals surface area contributed by atoms with Crippen LogP contribution >= 0.6 is 12.4 Å². The van der Waals surface area contributed by atoms with Gasteiger partial charge < -0.3 is 15.4 Å². The minimum absolute atomic E-state index is 0. The molecule has 6 heteroatoms. The number of methoxy groups -OCH3 is 1. The van der Waals surface area contributed by atoms with Crippen LogP contribution in [0.2, 0.25) is 0 Å². The van der Waals surface area contributed by atoms with Gasteiger partial charge in [0.05, 0.1) is 12.7 Å². The van der Waals surface area contributed by atoms with Crippen molar-refractivity contribution in [3.05, 3.63) is 29.6 Å². The van der Waals surface area contributed by atoms with E-state index in [9.17, 15) is 9.18 Å². The van der Waals surface area contributed by atoms with Crippen molar-refractivity contribution in [2.45, 2.75) is 12.8 Å². The second kappa shape index (κ2) is 8.07. The van der Waals surface area contributed by atoms with E-state index in [2.05, 4.69) is 10.6 Å². The molecule has 1 aromatic rings. The van der Waals surface area contributed by atoms with E-state index in [1.807, 2.05) is 0 Å². The highest BCUT2D eigenvalue weighted by Crippen LogP contribution is 2.19. The highest BCUT2D eigenvalue weighted by atomic mass is 35.5. The van der Waals surface area contributed by atoms with Gasteiger partial charge in [-0.25, -0.2) is 4.39 Å². The molecule has 4 nitrogen and oxygen atoms in total. The summed E-state index contributed by atoms with van der Waals surface area (Å²) in [5, 5.41) is 6.10. The summed E-state index contributed by atoms with van der Waals surface area (Å²) < 4.78 is 18.2. The van der Waals surface area contributed by atoms with Crippen molar-refractivity contribution in [2.24, 2.45) is 5.92 Å². The summed E-state index contributed by atoms with van der Waals surface area (Å²) in [6, 6.07) is 3.94. The van der Waals surface area contributed by atoms with Crippen LogP contribution in [0.3, 0.4) is 0 Å². The Labute approximate surface area is 124 Å². The van der Waals surface area contributed by atoms with Gasteiger partial charge in [-0.1, -0.05) is 0 Å². The van der Waals surface area contributed by atoms with E-state index in [4.69, 9.17) is 4.74 Å². The van der Waals surface area contributed by atoms with Crippen molar-refractivity contribution < 1.29 is 13.9 Å². The molecular formula is C14H20ClFN2O2. The number of carbonyl (C=O) groups excluding carboxylic acids is 1. The summed E-state index contributed by atoms with van der Waals surface area (Å²) in [6.45, 7) is 2.67. The van der Waals surface area contributed by atoms with Gasteiger partial charge in [0.1, 0.15) is 11.6 Å². The zero-order valence-electron chi connectivity index (χ0n) is 11.4. The first-order valence-corrected chi connectivity index (χ1v) is 6.53. The van der Waals surface area contributed by atoms with E-state index >= 15 is 0 Å². The van der Waals surface area contributed by atoms with Gasteiger partial charge >= 0.3 is 0 Å². The monoisotopic (exact) mass is 302 g/mol. The molecule has 20 heavy (non-hydrogen) atoms. The van der Waals surface area contributed by atoms with Crippen LogP contribution in [0, 0.1) is 11.7 Å². The third-order valence-electron chi connectivity index (χ3n) is 3.41. The van der Waals surface area contributed by atoms with Gasteiger partial charge in [0.15, 0.2) is 0 Å². The molecule has 2 rings (SSSR count). The van der Waals surface area contributed by atoms with Crippen molar-refractivity contribution in [3.8, 4) is 5.75 Å². The number of benzene rings is 1. The zero-order valence-corrected chi connectivity index (χ0v) is 12.3. The molecule has 1 heterocycles. The molecule has 1 saturated heterocycles. The molecule has 1 aromatic carbocycles. The molecular weight excluding hydrogens is 283 g/mol. The third kappa shape index (κ3) is 4.35. The molecule has 1 aliphatic heterocycles. The molecule has 0 saturated carbocycles. The lowest BCUT2D eigenvalue weighted by Gasteiger charge is -2.11. The normalized spacial score (nSPS) is 17.4. The van der Waals surface area contributed by atoms with Crippen LogP contribution in [0.15, 0.2) is 18.2 Å². The first-order chi connectivity index (χ1) is 9.20. The molecule has 1 unspecified atom stereocenters. The maximum absolute atomic E-state index is 13.2. The Kier molecular flexibility index (Phi) is 6.75. The molecule has 0 radical (unpaired) electrons. The minimum atomic E-state index is -0.439. The number of rotatable bonds is 5.